The van der Waals surface area contributed by atoms with E-state index in [0.717, 1.165) is 13.1 Å². The van der Waals surface area contributed by atoms with Crippen LogP contribution in [0.2, 0.25) is 5.02 Å². The van der Waals surface area contributed by atoms with Crippen molar-refractivity contribution in [3.8, 4) is 0 Å². The molecule has 0 radical (unpaired) electrons. The molecule has 2 N–H and O–H groups in total. The number of halogens is 1. The van der Waals surface area contributed by atoms with E-state index >= 15 is 0 Å². The van der Waals surface area contributed by atoms with Crippen molar-refractivity contribution in [3.05, 3.63) is 28.8 Å². The van der Waals surface area contributed by atoms with Crippen molar-refractivity contribution in [1.82, 2.24) is 9.80 Å². The van der Waals surface area contributed by atoms with Gasteiger partial charge in [0.25, 0.3) is 5.91 Å². The molecular formula is C14H18ClN3O3. The summed E-state index contributed by atoms with van der Waals surface area (Å²) in [4.78, 5) is 27.7. The minimum absolute atomic E-state index is 0.175. The highest BCUT2D eigenvalue weighted by atomic mass is 35.5. The molecule has 6 nitrogen and oxygen atoms in total. The second-order valence-electron chi connectivity index (χ2n) is 4.99. The van der Waals surface area contributed by atoms with E-state index in [1.165, 1.54) is 12.1 Å². The fourth-order valence-corrected chi connectivity index (χ4v) is 2.23. The van der Waals surface area contributed by atoms with Crippen molar-refractivity contribution in [1.29, 1.82) is 0 Å². The SMILES string of the molecule is CN1CCN(C(=O)COC(=O)c2cc(Cl)ccc2N)CC1. The Labute approximate surface area is 128 Å². The number of carbonyl (C=O) groups excluding carboxylic acids is 2. The largest absolute Gasteiger partial charge is 0.452 e. The monoisotopic (exact) mass is 311 g/mol. The van der Waals surface area contributed by atoms with Gasteiger partial charge in [-0.2, -0.15) is 0 Å². The van der Waals surface area contributed by atoms with Crippen LogP contribution in [0.5, 0.6) is 0 Å². The Morgan fingerprint density at radius 2 is 1.95 bits per heavy atom. The molecule has 1 aliphatic heterocycles. The summed E-state index contributed by atoms with van der Waals surface area (Å²) in [5, 5.41) is 0.390. The molecule has 114 valence electrons. The lowest BCUT2D eigenvalue weighted by Gasteiger charge is -2.32. The van der Waals surface area contributed by atoms with E-state index in [-0.39, 0.29) is 23.8 Å². The smallest absolute Gasteiger partial charge is 0.340 e. The van der Waals surface area contributed by atoms with Crippen LogP contribution < -0.4 is 5.73 Å². The summed E-state index contributed by atoms with van der Waals surface area (Å²) in [6.45, 7) is 2.65. The molecule has 0 atom stereocenters. The number of hydrogen-bond donors (Lipinski definition) is 1. The normalized spacial score (nSPS) is 15.8. The molecule has 1 fully saturated rings. The van der Waals surface area contributed by atoms with Crippen LogP contribution in [0, 0.1) is 0 Å². The number of nitrogen functional groups attached to an aromatic ring is 1. The Morgan fingerprint density at radius 1 is 1.29 bits per heavy atom. The number of esters is 1. The van der Waals surface area contributed by atoms with Crippen LogP contribution in [0.1, 0.15) is 10.4 Å². The quantitative estimate of drug-likeness (QED) is 0.661. The lowest BCUT2D eigenvalue weighted by Crippen LogP contribution is -2.48. The molecule has 1 heterocycles. The molecule has 1 aromatic rings. The highest BCUT2D eigenvalue weighted by molar-refractivity contribution is 6.31. The van der Waals surface area contributed by atoms with Crippen molar-refractivity contribution in [2.24, 2.45) is 0 Å². The van der Waals surface area contributed by atoms with Gasteiger partial charge < -0.3 is 20.3 Å². The number of piperazine rings is 1. The molecule has 0 spiro atoms. The van der Waals surface area contributed by atoms with Crippen molar-refractivity contribution in [3.63, 3.8) is 0 Å². The van der Waals surface area contributed by atoms with Crippen LogP contribution in [0.3, 0.4) is 0 Å². The van der Waals surface area contributed by atoms with Gasteiger partial charge in [-0.1, -0.05) is 11.6 Å². The minimum Gasteiger partial charge on any atom is -0.452 e. The average Bonchev–Trinajstić information content (AvgIpc) is 2.47. The molecule has 0 unspecified atom stereocenters. The first-order valence-corrected chi connectivity index (χ1v) is 7.03. The van der Waals surface area contributed by atoms with Gasteiger partial charge in [0.2, 0.25) is 0 Å². The fraction of sp³-hybridized carbons (Fsp3) is 0.429. The van der Waals surface area contributed by atoms with Gasteiger partial charge in [-0.3, -0.25) is 4.79 Å². The predicted molar refractivity (Wildman–Crippen MR) is 80.2 cm³/mol. The van der Waals surface area contributed by atoms with Gasteiger partial charge >= 0.3 is 5.97 Å². The molecule has 7 heteroatoms. The molecule has 2 rings (SSSR count). The van der Waals surface area contributed by atoms with Gasteiger partial charge in [-0.05, 0) is 25.2 Å². The molecule has 0 aliphatic carbocycles. The van der Waals surface area contributed by atoms with Crippen LogP contribution in [0.25, 0.3) is 0 Å². The first-order chi connectivity index (χ1) is 9.97. The van der Waals surface area contributed by atoms with Crippen molar-refractivity contribution in [2.75, 3.05) is 45.6 Å². The molecule has 1 aliphatic rings. The van der Waals surface area contributed by atoms with Gasteiger partial charge in [0, 0.05) is 36.9 Å². The summed E-state index contributed by atoms with van der Waals surface area (Å²) in [6.07, 6.45) is 0. The third-order valence-corrected chi connectivity index (χ3v) is 3.65. The Kier molecular flexibility index (Phi) is 5.03. The maximum Gasteiger partial charge on any atom is 0.340 e. The van der Waals surface area contributed by atoms with Crippen LogP contribution >= 0.6 is 11.6 Å². The molecule has 0 aromatic heterocycles. The molecule has 1 saturated heterocycles. The number of carbonyl (C=O) groups is 2. The number of likely N-dealkylation sites (N-methyl/N-ethyl adjacent to an activating group) is 1. The van der Waals surface area contributed by atoms with Crippen LogP contribution in [-0.2, 0) is 9.53 Å². The predicted octanol–water partition coefficient (Wildman–Crippen LogP) is 0.853. The van der Waals surface area contributed by atoms with Crippen LogP contribution in [0.15, 0.2) is 18.2 Å². The Bertz CT molecular complexity index is 542. The van der Waals surface area contributed by atoms with Crippen LogP contribution in [0.4, 0.5) is 5.69 Å². The summed E-state index contributed by atoms with van der Waals surface area (Å²) >= 11 is 5.82. The summed E-state index contributed by atoms with van der Waals surface area (Å²) in [7, 11) is 2.00. The van der Waals surface area contributed by atoms with E-state index in [1.54, 1.807) is 11.0 Å². The number of nitrogens with two attached hydrogens (primary N) is 1. The van der Waals surface area contributed by atoms with Gasteiger partial charge in [0.05, 0.1) is 5.56 Å². The number of rotatable bonds is 3. The van der Waals surface area contributed by atoms with Gasteiger partial charge in [0.15, 0.2) is 6.61 Å². The third kappa shape index (κ3) is 4.09. The maximum atomic E-state index is 12.0. The topological polar surface area (TPSA) is 75.9 Å². The highest BCUT2D eigenvalue weighted by Crippen LogP contribution is 2.18. The van der Waals surface area contributed by atoms with Gasteiger partial charge in [-0.15, -0.1) is 0 Å². The lowest BCUT2D eigenvalue weighted by atomic mass is 10.2. The van der Waals surface area contributed by atoms with Crippen molar-refractivity contribution >= 4 is 29.2 Å². The zero-order chi connectivity index (χ0) is 15.4. The van der Waals surface area contributed by atoms with E-state index in [9.17, 15) is 9.59 Å². The van der Waals surface area contributed by atoms with Gasteiger partial charge in [-0.25, -0.2) is 4.79 Å². The zero-order valence-electron chi connectivity index (χ0n) is 11.8. The molecule has 1 aromatic carbocycles. The van der Waals surface area contributed by atoms with E-state index in [0.29, 0.717) is 18.1 Å². The van der Waals surface area contributed by atoms with Crippen LogP contribution in [-0.4, -0.2) is 61.5 Å². The first kappa shape index (κ1) is 15.6. The summed E-state index contributed by atoms with van der Waals surface area (Å²) in [5.41, 5.74) is 6.14. The molecule has 21 heavy (non-hydrogen) atoms. The van der Waals surface area contributed by atoms with E-state index < -0.39 is 5.97 Å². The lowest BCUT2D eigenvalue weighted by molar-refractivity contribution is -0.136. The Morgan fingerprint density at radius 3 is 2.62 bits per heavy atom. The number of hydrogen-bond acceptors (Lipinski definition) is 5. The summed E-state index contributed by atoms with van der Waals surface area (Å²) < 4.78 is 5.02. The van der Waals surface area contributed by atoms with E-state index in [4.69, 9.17) is 22.1 Å². The number of benzene rings is 1. The number of ether oxygens (including phenoxy) is 1. The highest BCUT2D eigenvalue weighted by Gasteiger charge is 2.21. The van der Waals surface area contributed by atoms with Gasteiger partial charge in [0.1, 0.15) is 0 Å². The molecular weight excluding hydrogens is 294 g/mol. The summed E-state index contributed by atoms with van der Waals surface area (Å²) in [6, 6.07) is 4.55. The second kappa shape index (κ2) is 6.78. The fourth-order valence-electron chi connectivity index (χ4n) is 2.06. The number of anilines is 1. The molecule has 1 amide bonds. The Hall–Kier alpha value is -1.79. The first-order valence-electron chi connectivity index (χ1n) is 6.66. The average molecular weight is 312 g/mol. The van der Waals surface area contributed by atoms with Crippen molar-refractivity contribution in [2.45, 2.75) is 0 Å². The Balaban J connectivity index is 1.89. The summed E-state index contributed by atoms with van der Waals surface area (Å²) in [5.74, 6) is -0.838. The van der Waals surface area contributed by atoms with E-state index in [1.807, 2.05) is 7.05 Å². The number of nitrogens with zero attached hydrogens (tertiary/aromatic N) is 2. The van der Waals surface area contributed by atoms with E-state index in [2.05, 4.69) is 4.90 Å². The van der Waals surface area contributed by atoms with Crippen molar-refractivity contribution < 1.29 is 14.3 Å². The standard InChI is InChI=1S/C14H18ClN3O3/c1-17-4-6-18(7-5-17)13(19)9-21-14(20)11-8-10(15)2-3-12(11)16/h2-3,8H,4-7,9,16H2,1H3. The minimum atomic E-state index is -0.641. The maximum absolute atomic E-state index is 12.0. The zero-order valence-corrected chi connectivity index (χ0v) is 12.6. The molecule has 0 bridgehead atoms. The number of amides is 1. The molecule has 0 saturated carbocycles. The second-order valence-corrected chi connectivity index (χ2v) is 5.43. The third-order valence-electron chi connectivity index (χ3n) is 3.42.